The number of methoxy groups -OCH3 is 1. The van der Waals surface area contributed by atoms with Gasteiger partial charge >= 0.3 is 12.1 Å². The lowest BCUT2D eigenvalue weighted by atomic mass is 10.00. The second-order valence-corrected chi connectivity index (χ2v) is 9.56. The monoisotopic (exact) mass is 528 g/mol. The highest BCUT2D eigenvalue weighted by Gasteiger charge is 2.39. The van der Waals surface area contributed by atoms with Gasteiger partial charge in [0.2, 0.25) is 11.8 Å². The number of aromatic nitrogens is 2. The number of aliphatic carboxylic acids is 1. The van der Waals surface area contributed by atoms with E-state index in [1.54, 1.807) is 11.0 Å². The van der Waals surface area contributed by atoms with Crippen molar-refractivity contribution in [2.24, 2.45) is 5.92 Å². The minimum absolute atomic E-state index is 0.0467. The number of alkyl halides is 3. The summed E-state index contributed by atoms with van der Waals surface area (Å²) in [5.74, 6) is -0.980. The van der Waals surface area contributed by atoms with E-state index in [2.05, 4.69) is 9.97 Å². The smallest absolute Gasteiger partial charge is 0.421 e. The van der Waals surface area contributed by atoms with Crippen molar-refractivity contribution in [3.63, 3.8) is 0 Å². The van der Waals surface area contributed by atoms with E-state index in [4.69, 9.17) is 21.1 Å². The highest BCUT2D eigenvalue weighted by Crippen LogP contribution is 2.40. The molecule has 0 aromatic carbocycles. The van der Waals surface area contributed by atoms with Crippen molar-refractivity contribution in [1.29, 1.82) is 0 Å². The van der Waals surface area contributed by atoms with Crippen molar-refractivity contribution in [3.05, 3.63) is 35.1 Å². The zero-order valence-corrected chi connectivity index (χ0v) is 20.7. The maximum absolute atomic E-state index is 14.0. The fourth-order valence-corrected chi connectivity index (χ4v) is 5.07. The molecule has 0 saturated carbocycles. The van der Waals surface area contributed by atoms with Crippen LogP contribution in [0.1, 0.15) is 38.2 Å². The van der Waals surface area contributed by atoms with Gasteiger partial charge in [-0.05, 0) is 18.4 Å². The van der Waals surface area contributed by atoms with Crippen LogP contribution in [0.2, 0.25) is 5.02 Å². The molecule has 0 amide bonds. The normalized spacial score (nSPS) is 21.1. The average Bonchev–Trinajstić information content (AvgIpc) is 3.19. The Kier molecular flexibility index (Phi) is 7.67. The molecule has 2 saturated heterocycles. The largest absolute Gasteiger partial charge is 0.481 e. The minimum atomic E-state index is -4.67. The summed E-state index contributed by atoms with van der Waals surface area (Å²) in [7, 11) is 1.51. The maximum Gasteiger partial charge on any atom is 0.421 e. The second kappa shape index (κ2) is 10.6. The molecule has 0 bridgehead atoms. The molecule has 2 aliphatic rings. The van der Waals surface area contributed by atoms with Crippen LogP contribution < -0.4 is 19.3 Å². The molecule has 8 nitrogen and oxygen atoms in total. The number of anilines is 2. The Hall–Kier alpha value is -2.95. The van der Waals surface area contributed by atoms with Crippen LogP contribution in [0.15, 0.2) is 24.5 Å². The molecule has 4 rings (SSSR count). The van der Waals surface area contributed by atoms with Gasteiger partial charge in [-0.2, -0.15) is 13.2 Å². The Balaban J connectivity index is 1.49. The quantitative estimate of drug-likeness (QED) is 0.543. The van der Waals surface area contributed by atoms with Gasteiger partial charge in [0.1, 0.15) is 11.7 Å². The molecule has 2 aliphatic heterocycles. The molecule has 2 unspecified atom stereocenters. The number of pyridine rings is 2. The van der Waals surface area contributed by atoms with Crippen LogP contribution in [-0.2, 0) is 11.0 Å². The van der Waals surface area contributed by atoms with Gasteiger partial charge in [-0.3, -0.25) is 4.79 Å². The third-order valence-electron chi connectivity index (χ3n) is 6.82. The van der Waals surface area contributed by atoms with Gasteiger partial charge in [0.15, 0.2) is 0 Å². The van der Waals surface area contributed by atoms with Gasteiger partial charge in [-0.15, -0.1) is 0 Å². The maximum atomic E-state index is 14.0. The molecule has 4 heterocycles. The number of ether oxygens (including phenoxy) is 2. The first-order chi connectivity index (χ1) is 17.1. The summed E-state index contributed by atoms with van der Waals surface area (Å²) in [6, 6.07) is 2.36. The first-order valence-corrected chi connectivity index (χ1v) is 12.1. The van der Waals surface area contributed by atoms with Gasteiger partial charge in [0, 0.05) is 44.6 Å². The average molecular weight is 529 g/mol. The van der Waals surface area contributed by atoms with Crippen molar-refractivity contribution in [2.45, 2.75) is 50.9 Å². The Morgan fingerprint density at radius 2 is 1.89 bits per heavy atom. The Morgan fingerprint density at radius 1 is 1.17 bits per heavy atom. The summed E-state index contributed by atoms with van der Waals surface area (Å²) < 4.78 is 52.9. The summed E-state index contributed by atoms with van der Waals surface area (Å²) in [5, 5.41) is 9.70. The molecular weight excluding hydrogens is 501 g/mol. The Morgan fingerprint density at radius 3 is 2.53 bits per heavy atom. The van der Waals surface area contributed by atoms with Gasteiger partial charge < -0.3 is 24.4 Å². The van der Waals surface area contributed by atoms with Crippen LogP contribution >= 0.6 is 11.6 Å². The lowest BCUT2D eigenvalue weighted by molar-refractivity contribution is -0.140. The molecule has 0 spiro atoms. The summed E-state index contributed by atoms with van der Waals surface area (Å²) in [4.78, 5) is 23.1. The number of rotatable bonds is 7. The SMILES string of the molecule is COc1cc(N2CCC(Oc3ncc(N4CCC(C)C4CC(=O)O)cc3C(F)(F)F)CC2)c(Cl)cn1. The topological polar surface area (TPSA) is 88.0 Å². The van der Waals surface area contributed by atoms with Gasteiger partial charge in [0.25, 0.3) is 0 Å². The number of carboxylic acid groups (broad SMARTS) is 1. The van der Waals surface area contributed by atoms with Crippen molar-refractivity contribution in [1.82, 2.24) is 9.97 Å². The summed E-state index contributed by atoms with van der Waals surface area (Å²) >= 11 is 6.28. The van der Waals surface area contributed by atoms with E-state index in [0.29, 0.717) is 49.8 Å². The van der Waals surface area contributed by atoms with Crippen molar-refractivity contribution < 1.29 is 32.5 Å². The van der Waals surface area contributed by atoms with E-state index in [-0.39, 0.29) is 24.1 Å². The fourth-order valence-electron chi connectivity index (χ4n) is 4.85. The number of hydrogen-bond donors (Lipinski definition) is 1. The zero-order valence-electron chi connectivity index (χ0n) is 20.0. The number of halogens is 4. The highest BCUT2D eigenvalue weighted by molar-refractivity contribution is 6.33. The number of hydrogen-bond acceptors (Lipinski definition) is 7. The van der Waals surface area contributed by atoms with Crippen molar-refractivity contribution >= 4 is 28.9 Å². The highest BCUT2D eigenvalue weighted by atomic mass is 35.5. The Labute approximate surface area is 212 Å². The van der Waals surface area contributed by atoms with E-state index in [1.165, 1.54) is 19.5 Å². The predicted octanol–water partition coefficient (Wildman–Crippen LogP) is 4.89. The van der Waals surface area contributed by atoms with E-state index in [9.17, 15) is 23.1 Å². The molecule has 0 aliphatic carbocycles. The molecule has 2 fully saturated rings. The van der Waals surface area contributed by atoms with Crippen LogP contribution in [0.3, 0.4) is 0 Å². The number of piperidine rings is 1. The zero-order chi connectivity index (χ0) is 26.0. The van der Waals surface area contributed by atoms with Gasteiger partial charge in [0.05, 0.1) is 42.3 Å². The van der Waals surface area contributed by atoms with Crippen molar-refractivity contribution in [3.8, 4) is 11.8 Å². The predicted molar refractivity (Wildman–Crippen MR) is 128 cm³/mol. The van der Waals surface area contributed by atoms with Gasteiger partial charge in [-0.1, -0.05) is 18.5 Å². The summed E-state index contributed by atoms with van der Waals surface area (Å²) in [5.41, 5.74) is 0.0375. The van der Waals surface area contributed by atoms with E-state index >= 15 is 0 Å². The minimum Gasteiger partial charge on any atom is -0.481 e. The number of nitrogens with zero attached hydrogens (tertiary/aromatic N) is 4. The van der Waals surface area contributed by atoms with Crippen LogP contribution in [0.5, 0.6) is 11.8 Å². The van der Waals surface area contributed by atoms with E-state index in [0.717, 1.165) is 11.8 Å². The van der Waals surface area contributed by atoms with Crippen LogP contribution in [0, 0.1) is 5.92 Å². The molecule has 12 heteroatoms. The Bertz CT molecular complexity index is 1100. The van der Waals surface area contributed by atoms with E-state index in [1.807, 2.05) is 11.8 Å². The lowest BCUT2D eigenvalue weighted by Crippen LogP contribution is -2.39. The molecular formula is C24H28ClF3N4O4. The van der Waals surface area contributed by atoms with Crippen LogP contribution in [-0.4, -0.2) is 59.9 Å². The van der Waals surface area contributed by atoms with Crippen molar-refractivity contribution in [2.75, 3.05) is 36.5 Å². The first kappa shape index (κ1) is 26.1. The number of carbonyl (C=O) groups is 1. The molecule has 2 aromatic heterocycles. The van der Waals surface area contributed by atoms with Crippen LogP contribution in [0.25, 0.3) is 0 Å². The van der Waals surface area contributed by atoms with Crippen LogP contribution in [0.4, 0.5) is 24.5 Å². The first-order valence-electron chi connectivity index (χ1n) is 11.7. The third kappa shape index (κ3) is 5.71. The molecule has 0 radical (unpaired) electrons. The standard InChI is InChI=1S/C24H28ClF3N4O4/c1-14-3-8-32(19(14)11-22(33)34)15-9-17(24(26,27)28)23(30-12-15)36-16-4-6-31(7-5-16)20-10-21(35-2)29-13-18(20)25/h9-10,12-14,16,19H,3-8,11H2,1-2H3,(H,33,34). The molecule has 196 valence electrons. The number of carboxylic acids is 1. The molecule has 2 aromatic rings. The molecule has 1 N–H and O–H groups in total. The van der Waals surface area contributed by atoms with Gasteiger partial charge in [-0.25, -0.2) is 9.97 Å². The summed E-state index contributed by atoms with van der Waals surface area (Å²) in [6.45, 7) is 3.43. The molecule has 36 heavy (non-hydrogen) atoms. The second-order valence-electron chi connectivity index (χ2n) is 9.15. The van der Waals surface area contributed by atoms with E-state index < -0.39 is 29.7 Å². The lowest BCUT2D eigenvalue weighted by Gasteiger charge is -2.34. The fraction of sp³-hybridized carbons (Fsp3) is 0.542. The molecule has 2 atom stereocenters. The third-order valence-corrected chi connectivity index (χ3v) is 7.11. The summed E-state index contributed by atoms with van der Waals surface area (Å²) in [6.07, 6.45) is -0.770.